The molecule has 2 aromatic rings. The Kier molecular flexibility index (Phi) is 5.31. The SMILES string of the molecule is CC1(CN)CCN(c2cnc(C(=N)c3cccc(C#N)c3Cl)c(N)n2)CC1. The number of hydrogen-bond acceptors (Lipinski definition) is 7. The van der Waals surface area contributed by atoms with Crippen LogP contribution in [-0.2, 0) is 0 Å². The minimum absolute atomic E-state index is 0.0444. The molecule has 0 radical (unpaired) electrons. The molecule has 0 atom stereocenters. The Labute approximate surface area is 163 Å². The topological polar surface area (TPSA) is 129 Å². The number of nitrogens with one attached hydrogen (secondary N) is 1. The van der Waals surface area contributed by atoms with E-state index in [0.717, 1.165) is 25.9 Å². The number of halogens is 1. The molecule has 27 heavy (non-hydrogen) atoms. The zero-order valence-electron chi connectivity index (χ0n) is 15.2. The summed E-state index contributed by atoms with van der Waals surface area (Å²) in [6.07, 6.45) is 3.60. The molecule has 7 nitrogen and oxygen atoms in total. The van der Waals surface area contributed by atoms with Crippen molar-refractivity contribution in [3.8, 4) is 6.07 Å². The molecule has 1 aromatic heterocycles. The highest BCUT2D eigenvalue weighted by Gasteiger charge is 2.29. The van der Waals surface area contributed by atoms with Crippen molar-refractivity contribution in [2.24, 2.45) is 11.1 Å². The predicted octanol–water partition coefficient (Wildman–Crippen LogP) is 2.57. The molecule has 0 spiro atoms. The first kappa shape index (κ1) is 19.1. The highest BCUT2D eigenvalue weighted by Crippen LogP contribution is 2.32. The standard InChI is InChI=1S/C19H22ClN7/c1-19(11-22)5-7-27(8-6-19)14-10-25-17(18(24)26-14)16(23)13-4-2-3-12(9-21)15(13)20/h2-4,10,23H,5-8,11,22H2,1H3,(H2,24,26). The van der Waals surface area contributed by atoms with Gasteiger partial charge in [0.05, 0.1) is 22.5 Å². The van der Waals surface area contributed by atoms with Gasteiger partial charge in [-0.15, -0.1) is 0 Å². The lowest BCUT2D eigenvalue weighted by atomic mass is 9.80. The van der Waals surface area contributed by atoms with Crippen LogP contribution in [0.4, 0.5) is 11.6 Å². The van der Waals surface area contributed by atoms with Crippen molar-refractivity contribution in [3.05, 3.63) is 46.2 Å². The lowest BCUT2D eigenvalue weighted by Gasteiger charge is -2.39. The fourth-order valence-electron chi connectivity index (χ4n) is 3.16. The second kappa shape index (κ2) is 7.51. The van der Waals surface area contributed by atoms with Crippen LogP contribution in [0.1, 0.15) is 36.6 Å². The molecule has 0 amide bonds. The van der Waals surface area contributed by atoms with Gasteiger partial charge in [-0.25, -0.2) is 9.97 Å². The van der Waals surface area contributed by atoms with E-state index in [0.29, 0.717) is 23.5 Å². The number of nitrogens with two attached hydrogens (primary N) is 2. The highest BCUT2D eigenvalue weighted by molar-refractivity contribution is 6.36. The second-order valence-corrected chi connectivity index (χ2v) is 7.50. The fraction of sp³-hybridized carbons (Fsp3) is 0.368. The first-order valence-electron chi connectivity index (χ1n) is 8.74. The third kappa shape index (κ3) is 3.72. The lowest BCUT2D eigenvalue weighted by molar-refractivity contribution is 0.258. The van der Waals surface area contributed by atoms with E-state index in [2.05, 4.69) is 21.8 Å². The maximum Gasteiger partial charge on any atom is 0.154 e. The molecular weight excluding hydrogens is 362 g/mol. The molecule has 1 aromatic carbocycles. The summed E-state index contributed by atoms with van der Waals surface area (Å²) in [6, 6.07) is 6.95. The van der Waals surface area contributed by atoms with Crippen LogP contribution in [0.5, 0.6) is 0 Å². The molecule has 0 aliphatic carbocycles. The Morgan fingerprint density at radius 2 is 2.11 bits per heavy atom. The smallest absolute Gasteiger partial charge is 0.154 e. The van der Waals surface area contributed by atoms with Gasteiger partial charge in [-0.1, -0.05) is 30.7 Å². The van der Waals surface area contributed by atoms with Gasteiger partial charge in [0, 0.05) is 18.7 Å². The Bertz CT molecular complexity index is 911. The van der Waals surface area contributed by atoms with Gasteiger partial charge >= 0.3 is 0 Å². The molecule has 1 saturated heterocycles. The van der Waals surface area contributed by atoms with Crippen LogP contribution in [0.3, 0.4) is 0 Å². The van der Waals surface area contributed by atoms with E-state index < -0.39 is 0 Å². The zero-order chi connectivity index (χ0) is 19.6. The van der Waals surface area contributed by atoms with E-state index in [4.69, 9.17) is 33.7 Å². The van der Waals surface area contributed by atoms with Crippen molar-refractivity contribution in [1.29, 1.82) is 10.7 Å². The summed E-state index contributed by atoms with van der Waals surface area (Å²) >= 11 is 6.23. The number of rotatable bonds is 4. The maximum absolute atomic E-state index is 9.11. The van der Waals surface area contributed by atoms with Crippen LogP contribution in [0.2, 0.25) is 5.02 Å². The fourth-order valence-corrected chi connectivity index (χ4v) is 3.42. The van der Waals surface area contributed by atoms with Crippen molar-refractivity contribution >= 4 is 28.9 Å². The van der Waals surface area contributed by atoms with Crippen molar-refractivity contribution in [2.45, 2.75) is 19.8 Å². The number of anilines is 2. The molecule has 2 heterocycles. The number of piperidine rings is 1. The summed E-state index contributed by atoms with van der Waals surface area (Å²) in [4.78, 5) is 10.9. The van der Waals surface area contributed by atoms with Crippen molar-refractivity contribution < 1.29 is 0 Å². The predicted molar refractivity (Wildman–Crippen MR) is 107 cm³/mol. The van der Waals surface area contributed by atoms with E-state index in [-0.39, 0.29) is 27.7 Å². The molecule has 1 aliphatic heterocycles. The minimum atomic E-state index is 0.0444. The quantitative estimate of drug-likeness (QED) is 0.696. The van der Waals surface area contributed by atoms with Crippen LogP contribution >= 0.6 is 11.6 Å². The number of hydrogen-bond donors (Lipinski definition) is 3. The highest BCUT2D eigenvalue weighted by atomic mass is 35.5. The van der Waals surface area contributed by atoms with Gasteiger partial charge in [0.25, 0.3) is 0 Å². The van der Waals surface area contributed by atoms with Crippen LogP contribution in [0, 0.1) is 22.2 Å². The Hall–Kier alpha value is -2.69. The van der Waals surface area contributed by atoms with Gasteiger partial charge in [-0.05, 0) is 30.9 Å². The maximum atomic E-state index is 9.11. The Morgan fingerprint density at radius 3 is 2.70 bits per heavy atom. The van der Waals surface area contributed by atoms with Crippen LogP contribution in [0.15, 0.2) is 24.4 Å². The van der Waals surface area contributed by atoms with Crippen molar-refractivity contribution in [3.63, 3.8) is 0 Å². The summed E-state index contributed by atoms with van der Waals surface area (Å²) in [5, 5.41) is 17.7. The molecular formula is C19H22ClN7. The first-order chi connectivity index (χ1) is 12.9. The van der Waals surface area contributed by atoms with Gasteiger partial charge < -0.3 is 16.4 Å². The number of nitriles is 1. The van der Waals surface area contributed by atoms with E-state index in [1.54, 1.807) is 24.4 Å². The third-order valence-corrected chi connectivity index (χ3v) is 5.61. The third-order valence-electron chi connectivity index (χ3n) is 5.20. The molecule has 0 unspecified atom stereocenters. The minimum Gasteiger partial charge on any atom is -0.382 e. The van der Waals surface area contributed by atoms with Crippen molar-refractivity contribution in [1.82, 2.24) is 9.97 Å². The number of nitrogen functional groups attached to an aromatic ring is 1. The van der Waals surface area contributed by atoms with Gasteiger partial charge in [0.2, 0.25) is 0 Å². The summed E-state index contributed by atoms with van der Waals surface area (Å²) in [5.41, 5.74) is 13.1. The number of nitrogens with zero attached hydrogens (tertiary/aromatic N) is 4. The molecule has 1 aliphatic rings. The zero-order valence-corrected chi connectivity index (χ0v) is 15.9. The molecule has 8 heteroatoms. The van der Waals surface area contributed by atoms with Crippen molar-refractivity contribution in [2.75, 3.05) is 30.3 Å². The first-order valence-corrected chi connectivity index (χ1v) is 9.12. The molecule has 3 rings (SSSR count). The molecule has 0 bridgehead atoms. The summed E-state index contributed by atoms with van der Waals surface area (Å²) < 4.78 is 0. The Morgan fingerprint density at radius 1 is 1.41 bits per heavy atom. The summed E-state index contributed by atoms with van der Waals surface area (Å²) in [6.45, 7) is 4.56. The van der Waals surface area contributed by atoms with E-state index in [9.17, 15) is 0 Å². The molecule has 140 valence electrons. The normalized spacial score (nSPS) is 16.0. The van der Waals surface area contributed by atoms with Gasteiger partial charge in [0.1, 0.15) is 17.6 Å². The lowest BCUT2D eigenvalue weighted by Crippen LogP contribution is -2.42. The van der Waals surface area contributed by atoms with Crippen LogP contribution in [0.25, 0.3) is 0 Å². The number of aromatic nitrogens is 2. The van der Waals surface area contributed by atoms with Gasteiger partial charge in [0.15, 0.2) is 5.82 Å². The van der Waals surface area contributed by atoms with Crippen LogP contribution < -0.4 is 16.4 Å². The van der Waals surface area contributed by atoms with E-state index >= 15 is 0 Å². The van der Waals surface area contributed by atoms with Gasteiger partial charge in [-0.2, -0.15) is 5.26 Å². The Balaban J connectivity index is 1.84. The largest absolute Gasteiger partial charge is 0.382 e. The van der Waals surface area contributed by atoms with E-state index in [1.165, 1.54) is 0 Å². The second-order valence-electron chi connectivity index (χ2n) is 7.12. The van der Waals surface area contributed by atoms with E-state index in [1.807, 2.05) is 6.07 Å². The summed E-state index contributed by atoms with van der Waals surface area (Å²) in [5.74, 6) is 0.864. The molecule has 5 N–H and O–H groups in total. The molecule has 0 saturated carbocycles. The van der Waals surface area contributed by atoms with Gasteiger partial charge in [-0.3, -0.25) is 5.41 Å². The number of benzene rings is 1. The average molecular weight is 384 g/mol. The average Bonchev–Trinajstić information content (AvgIpc) is 2.68. The summed E-state index contributed by atoms with van der Waals surface area (Å²) in [7, 11) is 0. The van der Waals surface area contributed by atoms with Crippen LogP contribution in [-0.4, -0.2) is 35.3 Å². The molecule has 1 fully saturated rings. The monoisotopic (exact) mass is 383 g/mol.